The zero-order valence-corrected chi connectivity index (χ0v) is 12.4. The minimum absolute atomic E-state index is 0.0624. The minimum Gasteiger partial charge on any atom is -0.377 e. The van der Waals surface area contributed by atoms with Gasteiger partial charge in [-0.3, -0.25) is 0 Å². The lowest BCUT2D eigenvalue weighted by Crippen LogP contribution is -2.22. The van der Waals surface area contributed by atoms with Crippen LogP contribution in [0.25, 0.3) is 0 Å². The fourth-order valence-electron chi connectivity index (χ4n) is 1.62. The molecule has 5 nitrogen and oxygen atoms in total. The summed E-state index contributed by atoms with van der Waals surface area (Å²) in [6.07, 6.45) is 3.63. The molecule has 0 aliphatic heterocycles. The Labute approximate surface area is 118 Å². The number of nitrogens with zero attached hydrogens (tertiary/aromatic N) is 4. The summed E-state index contributed by atoms with van der Waals surface area (Å²) in [5.74, 6) is 0. The number of aryl methyl sites for hydroxylation is 1. The summed E-state index contributed by atoms with van der Waals surface area (Å²) < 4.78 is 1.85. The summed E-state index contributed by atoms with van der Waals surface area (Å²) in [6, 6.07) is 1.92. The van der Waals surface area contributed by atoms with Gasteiger partial charge in [0.2, 0.25) is 0 Å². The second kappa shape index (κ2) is 5.17. The van der Waals surface area contributed by atoms with Crippen molar-refractivity contribution in [1.29, 1.82) is 0 Å². The number of hydrogen-bond acceptors (Lipinski definition) is 4. The van der Waals surface area contributed by atoms with Gasteiger partial charge < -0.3 is 5.32 Å². The summed E-state index contributed by atoms with van der Waals surface area (Å²) in [6.45, 7) is 8.81. The van der Waals surface area contributed by atoms with E-state index in [1.165, 1.54) is 0 Å². The molecule has 0 saturated carbocycles. The normalized spacial score (nSPS) is 11.6. The summed E-state index contributed by atoms with van der Waals surface area (Å²) in [7, 11) is 0. The van der Waals surface area contributed by atoms with Crippen molar-refractivity contribution in [3.63, 3.8) is 0 Å². The number of pyridine rings is 1. The van der Waals surface area contributed by atoms with Crippen LogP contribution in [0.3, 0.4) is 0 Å². The highest BCUT2D eigenvalue weighted by atomic mass is 35.5. The molecule has 0 aromatic carbocycles. The molecule has 0 bridgehead atoms. The first-order valence-corrected chi connectivity index (χ1v) is 6.52. The standard InChI is InChI=1S/C13H18ClN5/c1-9-5-6-15-12(14)11(9)16-7-10-8-19(18-17-10)13(2,3)4/h5-6,8,16H,7H2,1-4H3. The van der Waals surface area contributed by atoms with Crippen LogP contribution in [0.5, 0.6) is 0 Å². The van der Waals surface area contributed by atoms with Gasteiger partial charge in [-0.25, -0.2) is 9.67 Å². The highest BCUT2D eigenvalue weighted by Gasteiger charge is 2.15. The van der Waals surface area contributed by atoms with Crippen LogP contribution in [0.4, 0.5) is 5.69 Å². The van der Waals surface area contributed by atoms with Gasteiger partial charge in [-0.2, -0.15) is 0 Å². The number of hydrogen-bond donors (Lipinski definition) is 1. The molecular formula is C13H18ClN5. The molecule has 0 amide bonds. The lowest BCUT2D eigenvalue weighted by molar-refractivity contribution is 0.347. The van der Waals surface area contributed by atoms with Gasteiger partial charge in [0, 0.05) is 6.20 Å². The largest absolute Gasteiger partial charge is 0.377 e. The molecule has 0 aliphatic rings. The Kier molecular flexibility index (Phi) is 3.75. The van der Waals surface area contributed by atoms with E-state index in [4.69, 9.17) is 11.6 Å². The van der Waals surface area contributed by atoms with E-state index in [1.54, 1.807) is 6.20 Å². The topological polar surface area (TPSA) is 55.6 Å². The van der Waals surface area contributed by atoms with E-state index in [0.717, 1.165) is 16.9 Å². The lowest BCUT2D eigenvalue weighted by Gasteiger charge is -2.17. The van der Waals surface area contributed by atoms with Gasteiger partial charge >= 0.3 is 0 Å². The van der Waals surface area contributed by atoms with Crippen molar-refractivity contribution in [1.82, 2.24) is 20.0 Å². The quantitative estimate of drug-likeness (QED) is 0.878. The van der Waals surface area contributed by atoms with Crippen LogP contribution in [0.15, 0.2) is 18.5 Å². The van der Waals surface area contributed by atoms with Crippen LogP contribution in [0.2, 0.25) is 5.15 Å². The monoisotopic (exact) mass is 279 g/mol. The van der Waals surface area contributed by atoms with Gasteiger partial charge in [-0.15, -0.1) is 5.10 Å². The second-order valence-electron chi connectivity index (χ2n) is 5.47. The molecule has 1 N–H and O–H groups in total. The van der Waals surface area contributed by atoms with Crippen molar-refractivity contribution < 1.29 is 0 Å². The predicted molar refractivity (Wildman–Crippen MR) is 76.3 cm³/mol. The molecule has 0 atom stereocenters. The third-order valence-electron chi connectivity index (χ3n) is 2.79. The van der Waals surface area contributed by atoms with Crippen molar-refractivity contribution in [3.05, 3.63) is 34.9 Å². The van der Waals surface area contributed by atoms with Gasteiger partial charge in [0.1, 0.15) is 5.69 Å². The minimum atomic E-state index is -0.0624. The summed E-state index contributed by atoms with van der Waals surface area (Å²) in [5.41, 5.74) is 2.71. The van der Waals surface area contributed by atoms with E-state index in [1.807, 2.05) is 23.9 Å². The van der Waals surface area contributed by atoms with Crippen LogP contribution in [0, 0.1) is 6.92 Å². The number of halogens is 1. The smallest absolute Gasteiger partial charge is 0.152 e. The van der Waals surface area contributed by atoms with Crippen LogP contribution in [0.1, 0.15) is 32.0 Å². The highest BCUT2D eigenvalue weighted by molar-refractivity contribution is 6.32. The number of aromatic nitrogens is 4. The van der Waals surface area contributed by atoms with E-state index in [9.17, 15) is 0 Å². The molecule has 102 valence electrons. The fourth-order valence-corrected chi connectivity index (χ4v) is 1.90. The van der Waals surface area contributed by atoms with Crippen molar-refractivity contribution in [2.24, 2.45) is 0 Å². The van der Waals surface area contributed by atoms with E-state index < -0.39 is 0 Å². The van der Waals surface area contributed by atoms with Gasteiger partial charge in [0.05, 0.1) is 24.0 Å². The molecule has 0 saturated heterocycles. The molecule has 2 heterocycles. The molecule has 0 unspecified atom stereocenters. The molecule has 2 aromatic rings. The molecule has 0 aliphatic carbocycles. The average Bonchev–Trinajstić information content (AvgIpc) is 2.77. The van der Waals surface area contributed by atoms with E-state index in [2.05, 4.69) is 41.4 Å². The van der Waals surface area contributed by atoms with E-state index >= 15 is 0 Å². The van der Waals surface area contributed by atoms with E-state index in [0.29, 0.717) is 11.7 Å². The Bertz CT molecular complexity index is 550. The molecule has 0 spiro atoms. The van der Waals surface area contributed by atoms with Gasteiger partial charge in [-0.05, 0) is 39.3 Å². The molecule has 6 heteroatoms. The number of nitrogens with one attached hydrogen (secondary N) is 1. The van der Waals surface area contributed by atoms with Crippen molar-refractivity contribution in [3.8, 4) is 0 Å². The Morgan fingerprint density at radius 1 is 1.37 bits per heavy atom. The number of anilines is 1. The first kappa shape index (κ1) is 13.8. The maximum atomic E-state index is 6.06. The first-order chi connectivity index (χ1) is 8.88. The van der Waals surface area contributed by atoms with Crippen LogP contribution < -0.4 is 5.32 Å². The van der Waals surface area contributed by atoms with Crippen LogP contribution in [-0.4, -0.2) is 20.0 Å². The zero-order valence-electron chi connectivity index (χ0n) is 11.6. The van der Waals surface area contributed by atoms with Crippen LogP contribution in [-0.2, 0) is 12.1 Å². The van der Waals surface area contributed by atoms with Crippen LogP contribution >= 0.6 is 11.6 Å². The van der Waals surface area contributed by atoms with Gasteiger partial charge in [0.25, 0.3) is 0 Å². The van der Waals surface area contributed by atoms with Crippen molar-refractivity contribution in [2.45, 2.75) is 39.8 Å². The Hall–Kier alpha value is -1.62. The maximum absolute atomic E-state index is 6.06. The van der Waals surface area contributed by atoms with Gasteiger partial charge in [-0.1, -0.05) is 16.8 Å². The zero-order chi connectivity index (χ0) is 14.0. The molecular weight excluding hydrogens is 262 g/mol. The summed E-state index contributed by atoms with van der Waals surface area (Å²) in [4.78, 5) is 4.06. The Balaban J connectivity index is 2.09. The van der Waals surface area contributed by atoms with Gasteiger partial charge in [0.15, 0.2) is 5.15 Å². The Morgan fingerprint density at radius 3 is 2.68 bits per heavy atom. The third-order valence-corrected chi connectivity index (χ3v) is 3.07. The lowest BCUT2D eigenvalue weighted by atomic mass is 10.1. The van der Waals surface area contributed by atoms with E-state index in [-0.39, 0.29) is 5.54 Å². The summed E-state index contributed by atoms with van der Waals surface area (Å²) in [5, 5.41) is 12.0. The fraction of sp³-hybridized carbons (Fsp3) is 0.462. The highest BCUT2D eigenvalue weighted by Crippen LogP contribution is 2.23. The molecule has 0 fully saturated rings. The number of rotatable bonds is 3. The summed E-state index contributed by atoms with van der Waals surface area (Å²) >= 11 is 6.06. The molecule has 2 rings (SSSR count). The molecule has 0 radical (unpaired) electrons. The predicted octanol–water partition coefficient (Wildman–Crippen LogP) is 3.00. The van der Waals surface area contributed by atoms with Crippen molar-refractivity contribution >= 4 is 17.3 Å². The average molecular weight is 280 g/mol. The second-order valence-corrected chi connectivity index (χ2v) is 5.83. The van der Waals surface area contributed by atoms with Crippen molar-refractivity contribution in [2.75, 3.05) is 5.32 Å². The molecule has 2 aromatic heterocycles. The first-order valence-electron chi connectivity index (χ1n) is 6.14. The Morgan fingerprint density at radius 2 is 2.11 bits per heavy atom. The maximum Gasteiger partial charge on any atom is 0.152 e. The SMILES string of the molecule is Cc1ccnc(Cl)c1NCc1cn(C(C)(C)C)nn1. The molecule has 19 heavy (non-hydrogen) atoms. The third kappa shape index (κ3) is 3.23.